The summed E-state index contributed by atoms with van der Waals surface area (Å²) in [5.74, 6) is -0.630. The number of hydrogen-bond acceptors (Lipinski definition) is 4. The zero-order valence-corrected chi connectivity index (χ0v) is 15.0. The van der Waals surface area contributed by atoms with Crippen LogP contribution in [0.3, 0.4) is 0 Å². The lowest BCUT2D eigenvalue weighted by atomic mass is 9.98. The van der Waals surface area contributed by atoms with E-state index in [1.165, 1.54) is 17.3 Å². The van der Waals surface area contributed by atoms with Crippen LogP contribution in [0.4, 0.5) is 10.6 Å². The Bertz CT molecular complexity index is 985. The lowest BCUT2D eigenvalue weighted by molar-refractivity contribution is -0.136. The van der Waals surface area contributed by atoms with E-state index in [-0.39, 0.29) is 18.9 Å². The first-order chi connectivity index (χ1) is 13.6. The van der Waals surface area contributed by atoms with Gasteiger partial charge in [0.05, 0.1) is 6.42 Å². The Balaban J connectivity index is 1.42. The molecule has 0 atom stereocenters. The number of anilines is 1. The number of fused-ring (bicyclic) bond motifs is 3. The predicted octanol–water partition coefficient (Wildman–Crippen LogP) is 4.07. The van der Waals surface area contributed by atoms with Gasteiger partial charge in [-0.25, -0.2) is 9.78 Å². The molecule has 0 radical (unpaired) electrons. The second-order valence-corrected chi connectivity index (χ2v) is 6.57. The molecule has 2 aromatic carbocycles. The van der Waals surface area contributed by atoms with E-state index in [2.05, 4.69) is 34.6 Å². The van der Waals surface area contributed by atoms with Gasteiger partial charge in [0.15, 0.2) is 0 Å². The first kappa shape index (κ1) is 17.7. The first-order valence-corrected chi connectivity index (χ1v) is 8.90. The molecule has 6 heteroatoms. The molecule has 140 valence electrons. The third kappa shape index (κ3) is 3.57. The van der Waals surface area contributed by atoms with Gasteiger partial charge in [0.25, 0.3) is 0 Å². The van der Waals surface area contributed by atoms with Crippen molar-refractivity contribution in [3.05, 3.63) is 83.6 Å². The molecule has 28 heavy (non-hydrogen) atoms. The zero-order valence-electron chi connectivity index (χ0n) is 15.0. The van der Waals surface area contributed by atoms with Crippen LogP contribution >= 0.6 is 0 Å². The van der Waals surface area contributed by atoms with Gasteiger partial charge in [0, 0.05) is 12.1 Å². The van der Waals surface area contributed by atoms with E-state index >= 15 is 0 Å². The Morgan fingerprint density at radius 3 is 2.18 bits per heavy atom. The van der Waals surface area contributed by atoms with Crippen molar-refractivity contribution in [1.29, 1.82) is 0 Å². The molecule has 2 N–H and O–H groups in total. The molecule has 0 unspecified atom stereocenters. The van der Waals surface area contributed by atoms with Gasteiger partial charge in [-0.3, -0.25) is 10.1 Å². The van der Waals surface area contributed by atoms with Crippen molar-refractivity contribution < 1.29 is 19.4 Å². The molecule has 0 spiro atoms. The number of nitrogens with one attached hydrogen (secondary N) is 1. The van der Waals surface area contributed by atoms with Crippen LogP contribution in [0.1, 0.15) is 22.6 Å². The summed E-state index contributed by atoms with van der Waals surface area (Å²) in [5, 5.41) is 11.4. The SMILES string of the molecule is O=C(O)Cc1ccc(NC(=O)OCC2c3ccccc3-c3ccccc32)nc1. The summed E-state index contributed by atoms with van der Waals surface area (Å²) >= 11 is 0. The van der Waals surface area contributed by atoms with E-state index in [9.17, 15) is 9.59 Å². The fourth-order valence-corrected chi connectivity index (χ4v) is 3.52. The van der Waals surface area contributed by atoms with Crippen LogP contribution in [0.25, 0.3) is 11.1 Å². The van der Waals surface area contributed by atoms with Crippen LogP contribution in [-0.4, -0.2) is 28.8 Å². The average Bonchev–Trinajstić information content (AvgIpc) is 3.01. The fourth-order valence-electron chi connectivity index (χ4n) is 3.52. The molecule has 0 bridgehead atoms. The molecule has 3 aromatic rings. The summed E-state index contributed by atoms with van der Waals surface area (Å²) in [7, 11) is 0. The van der Waals surface area contributed by atoms with E-state index in [1.807, 2.05) is 24.3 Å². The van der Waals surface area contributed by atoms with Crippen LogP contribution in [0.2, 0.25) is 0 Å². The smallest absolute Gasteiger partial charge is 0.412 e. The second-order valence-electron chi connectivity index (χ2n) is 6.57. The van der Waals surface area contributed by atoms with Crippen molar-refractivity contribution in [2.45, 2.75) is 12.3 Å². The van der Waals surface area contributed by atoms with Crippen molar-refractivity contribution in [3.63, 3.8) is 0 Å². The van der Waals surface area contributed by atoms with Gasteiger partial charge in [-0.2, -0.15) is 0 Å². The van der Waals surface area contributed by atoms with Crippen molar-refractivity contribution in [1.82, 2.24) is 4.98 Å². The number of aliphatic carboxylic acids is 1. The summed E-state index contributed by atoms with van der Waals surface area (Å²) in [4.78, 5) is 26.9. The Hall–Kier alpha value is -3.67. The van der Waals surface area contributed by atoms with Crippen molar-refractivity contribution in [3.8, 4) is 11.1 Å². The summed E-state index contributed by atoms with van der Waals surface area (Å²) in [6.45, 7) is 0.219. The average molecular weight is 374 g/mol. The van der Waals surface area contributed by atoms with Gasteiger partial charge in [-0.1, -0.05) is 54.6 Å². The number of carbonyl (C=O) groups excluding carboxylic acids is 1. The summed E-state index contributed by atoms with van der Waals surface area (Å²) in [6, 6.07) is 19.4. The minimum absolute atomic E-state index is 0.0101. The maximum Gasteiger partial charge on any atom is 0.412 e. The second kappa shape index (κ2) is 7.52. The highest BCUT2D eigenvalue weighted by Crippen LogP contribution is 2.44. The highest BCUT2D eigenvalue weighted by Gasteiger charge is 2.29. The molecule has 1 aromatic heterocycles. The molecule has 0 saturated carbocycles. The Morgan fingerprint density at radius 2 is 1.61 bits per heavy atom. The Kier molecular flexibility index (Phi) is 4.76. The number of ether oxygens (including phenoxy) is 1. The highest BCUT2D eigenvalue weighted by atomic mass is 16.5. The lowest BCUT2D eigenvalue weighted by Gasteiger charge is -2.14. The van der Waals surface area contributed by atoms with Crippen molar-refractivity contribution >= 4 is 17.9 Å². The predicted molar refractivity (Wildman–Crippen MR) is 104 cm³/mol. The molecule has 4 rings (SSSR count). The van der Waals surface area contributed by atoms with Crippen molar-refractivity contribution in [2.24, 2.45) is 0 Å². The minimum atomic E-state index is -0.931. The molecule has 1 aliphatic rings. The number of benzene rings is 2. The number of aromatic nitrogens is 1. The topological polar surface area (TPSA) is 88.5 Å². The normalized spacial score (nSPS) is 12.1. The number of amides is 1. The number of carbonyl (C=O) groups is 2. The summed E-state index contributed by atoms with van der Waals surface area (Å²) in [5.41, 5.74) is 5.19. The first-order valence-electron chi connectivity index (χ1n) is 8.90. The van der Waals surface area contributed by atoms with Gasteiger partial charge in [-0.15, -0.1) is 0 Å². The van der Waals surface area contributed by atoms with Crippen LogP contribution in [0.15, 0.2) is 66.9 Å². The molecule has 0 saturated heterocycles. The van der Waals surface area contributed by atoms with Crippen LogP contribution in [0, 0.1) is 0 Å². The van der Waals surface area contributed by atoms with Gasteiger partial charge in [-0.05, 0) is 33.9 Å². The highest BCUT2D eigenvalue weighted by molar-refractivity contribution is 5.84. The van der Waals surface area contributed by atoms with Crippen LogP contribution in [0.5, 0.6) is 0 Å². The van der Waals surface area contributed by atoms with E-state index in [4.69, 9.17) is 9.84 Å². The zero-order chi connectivity index (χ0) is 19.5. The van der Waals surface area contributed by atoms with E-state index < -0.39 is 12.1 Å². The summed E-state index contributed by atoms with van der Waals surface area (Å²) < 4.78 is 5.45. The van der Waals surface area contributed by atoms with E-state index in [0.29, 0.717) is 11.4 Å². The van der Waals surface area contributed by atoms with Crippen LogP contribution < -0.4 is 5.32 Å². The molecule has 0 aliphatic heterocycles. The maximum absolute atomic E-state index is 12.2. The van der Waals surface area contributed by atoms with E-state index in [1.54, 1.807) is 12.1 Å². The maximum atomic E-state index is 12.2. The van der Waals surface area contributed by atoms with Gasteiger partial charge >= 0.3 is 12.1 Å². The number of carboxylic acid groups (broad SMARTS) is 1. The monoisotopic (exact) mass is 374 g/mol. The number of carboxylic acids is 1. The molecule has 1 aliphatic carbocycles. The Labute approximate surface area is 161 Å². The van der Waals surface area contributed by atoms with Gasteiger partial charge in [0.1, 0.15) is 12.4 Å². The Morgan fingerprint density at radius 1 is 0.964 bits per heavy atom. The number of pyridine rings is 1. The number of rotatable bonds is 5. The number of nitrogens with zero attached hydrogens (tertiary/aromatic N) is 1. The molecule has 0 fully saturated rings. The minimum Gasteiger partial charge on any atom is -0.481 e. The molecular weight excluding hydrogens is 356 g/mol. The third-order valence-electron chi connectivity index (χ3n) is 4.75. The third-order valence-corrected chi connectivity index (χ3v) is 4.75. The lowest BCUT2D eigenvalue weighted by Crippen LogP contribution is -2.18. The van der Waals surface area contributed by atoms with Crippen molar-refractivity contribution in [2.75, 3.05) is 11.9 Å². The van der Waals surface area contributed by atoms with Gasteiger partial charge < -0.3 is 9.84 Å². The van der Waals surface area contributed by atoms with Gasteiger partial charge in [0.2, 0.25) is 0 Å². The standard InChI is InChI=1S/C22H18N2O4/c25-21(26)11-14-9-10-20(23-12-14)24-22(27)28-13-19-17-7-3-1-5-15(17)16-6-2-4-8-18(16)19/h1-10,12,19H,11,13H2,(H,25,26)(H,23,24,27). The molecule has 1 amide bonds. The van der Waals surface area contributed by atoms with E-state index in [0.717, 1.165) is 11.1 Å². The summed E-state index contributed by atoms with van der Waals surface area (Å²) in [6.07, 6.45) is 0.714. The number of hydrogen-bond donors (Lipinski definition) is 2. The quantitative estimate of drug-likeness (QED) is 0.703. The largest absolute Gasteiger partial charge is 0.481 e. The molecule has 6 nitrogen and oxygen atoms in total. The molecule has 1 heterocycles. The molecular formula is C22H18N2O4. The fraction of sp³-hybridized carbons (Fsp3) is 0.136. The van der Waals surface area contributed by atoms with Crippen LogP contribution in [-0.2, 0) is 16.0 Å².